The average molecular weight is 308 g/mol. The number of hydrogen-bond donors (Lipinski definition) is 0. The van der Waals surface area contributed by atoms with E-state index in [9.17, 15) is 4.79 Å². The predicted molar refractivity (Wildman–Crippen MR) is 84.3 cm³/mol. The van der Waals surface area contributed by atoms with E-state index >= 15 is 0 Å². The van der Waals surface area contributed by atoms with Crippen LogP contribution in [0.25, 0.3) is 0 Å². The van der Waals surface area contributed by atoms with E-state index in [0.717, 1.165) is 5.69 Å². The van der Waals surface area contributed by atoms with Crippen molar-refractivity contribution in [2.24, 2.45) is 0 Å². The number of carbonyl (C=O) groups is 1. The number of nitriles is 1. The van der Waals surface area contributed by atoms with E-state index in [1.807, 2.05) is 34.6 Å². The maximum atomic E-state index is 12.7. The third kappa shape index (κ3) is 4.71. The van der Waals surface area contributed by atoms with Crippen molar-refractivity contribution < 1.29 is 4.79 Å². The molecule has 0 aromatic carbocycles. The van der Waals surface area contributed by atoms with Crippen molar-refractivity contribution in [3.05, 3.63) is 28.5 Å². The van der Waals surface area contributed by atoms with E-state index in [0.29, 0.717) is 23.7 Å². The Morgan fingerprint density at radius 3 is 2.52 bits per heavy atom. The number of hydrogen-bond acceptors (Lipinski definition) is 3. The van der Waals surface area contributed by atoms with Crippen LogP contribution in [-0.4, -0.2) is 28.4 Å². The number of halogens is 1. The van der Waals surface area contributed by atoms with Crippen LogP contribution in [0.3, 0.4) is 0 Å². The van der Waals surface area contributed by atoms with Crippen LogP contribution >= 0.6 is 11.6 Å². The summed E-state index contributed by atoms with van der Waals surface area (Å²) in [4.78, 5) is 18.6. The monoisotopic (exact) mass is 307 g/mol. The number of amides is 1. The first-order valence-corrected chi connectivity index (χ1v) is 7.40. The highest BCUT2D eigenvalue weighted by molar-refractivity contribution is 6.29. The van der Waals surface area contributed by atoms with E-state index in [-0.39, 0.29) is 17.4 Å². The molecule has 1 amide bonds. The molecule has 114 valence electrons. The van der Waals surface area contributed by atoms with Crippen LogP contribution in [-0.2, 0) is 5.41 Å². The predicted octanol–water partition coefficient (Wildman–Crippen LogP) is 3.80. The van der Waals surface area contributed by atoms with Crippen molar-refractivity contribution in [3.63, 3.8) is 0 Å². The molecule has 4 nitrogen and oxygen atoms in total. The van der Waals surface area contributed by atoms with Gasteiger partial charge in [0.2, 0.25) is 0 Å². The Kier molecular flexibility index (Phi) is 5.74. The van der Waals surface area contributed by atoms with Gasteiger partial charge in [-0.1, -0.05) is 32.4 Å². The lowest BCUT2D eigenvalue weighted by Crippen LogP contribution is -2.37. The van der Waals surface area contributed by atoms with Crippen molar-refractivity contribution in [1.29, 1.82) is 5.26 Å². The fraction of sp³-hybridized carbons (Fsp3) is 0.562. The largest absolute Gasteiger partial charge is 0.335 e. The van der Waals surface area contributed by atoms with Gasteiger partial charge in [0, 0.05) is 29.3 Å². The third-order valence-corrected chi connectivity index (χ3v) is 3.35. The van der Waals surface area contributed by atoms with Crippen LogP contribution in [0.1, 0.15) is 57.1 Å². The summed E-state index contributed by atoms with van der Waals surface area (Å²) < 4.78 is 0. The normalized spacial score (nSPS) is 11.3. The summed E-state index contributed by atoms with van der Waals surface area (Å²) in [5, 5.41) is 9.04. The standard InChI is InChI=1S/C16H22ClN3O/c1-11(2)20(8-6-7-18)15(21)12-9-13(16(3,4)5)19-14(17)10-12/h9-11H,6,8H2,1-5H3. The highest BCUT2D eigenvalue weighted by Gasteiger charge is 2.23. The minimum Gasteiger partial charge on any atom is -0.335 e. The molecule has 0 aliphatic rings. The van der Waals surface area contributed by atoms with Gasteiger partial charge in [-0.2, -0.15) is 5.26 Å². The van der Waals surface area contributed by atoms with Gasteiger partial charge in [-0.3, -0.25) is 4.79 Å². The number of nitrogens with zero attached hydrogens (tertiary/aromatic N) is 3. The summed E-state index contributed by atoms with van der Waals surface area (Å²) in [6.45, 7) is 10.4. The van der Waals surface area contributed by atoms with Crippen LogP contribution in [0.5, 0.6) is 0 Å². The van der Waals surface area contributed by atoms with Gasteiger partial charge in [-0.25, -0.2) is 4.98 Å². The molecular weight excluding hydrogens is 286 g/mol. The van der Waals surface area contributed by atoms with E-state index in [1.165, 1.54) is 0 Å². The molecule has 0 fully saturated rings. The number of pyridine rings is 1. The smallest absolute Gasteiger partial charge is 0.254 e. The molecule has 0 spiro atoms. The zero-order valence-corrected chi connectivity index (χ0v) is 14.0. The van der Waals surface area contributed by atoms with Crippen molar-refractivity contribution in [2.45, 2.75) is 52.5 Å². The van der Waals surface area contributed by atoms with Gasteiger partial charge in [-0.15, -0.1) is 0 Å². The second kappa shape index (κ2) is 6.91. The van der Waals surface area contributed by atoms with E-state index in [2.05, 4.69) is 11.1 Å². The van der Waals surface area contributed by atoms with Gasteiger partial charge < -0.3 is 4.90 Å². The summed E-state index contributed by atoms with van der Waals surface area (Å²) in [5.41, 5.74) is 1.11. The minimum atomic E-state index is -0.185. The number of carbonyl (C=O) groups excluding carboxylic acids is 1. The second-order valence-corrected chi connectivity index (χ2v) is 6.70. The molecule has 0 aliphatic carbocycles. The van der Waals surface area contributed by atoms with Gasteiger partial charge >= 0.3 is 0 Å². The lowest BCUT2D eigenvalue weighted by Gasteiger charge is -2.27. The summed E-state index contributed by atoms with van der Waals surface area (Å²) in [7, 11) is 0. The van der Waals surface area contributed by atoms with Crippen molar-refractivity contribution >= 4 is 17.5 Å². The summed E-state index contributed by atoms with van der Waals surface area (Å²) in [6.07, 6.45) is 0.314. The maximum Gasteiger partial charge on any atom is 0.254 e. The van der Waals surface area contributed by atoms with Gasteiger partial charge in [-0.05, 0) is 26.0 Å². The third-order valence-electron chi connectivity index (χ3n) is 3.16. The molecule has 0 saturated carbocycles. The number of rotatable bonds is 4. The van der Waals surface area contributed by atoms with E-state index in [1.54, 1.807) is 17.0 Å². The molecule has 0 radical (unpaired) electrons. The zero-order valence-electron chi connectivity index (χ0n) is 13.3. The van der Waals surface area contributed by atoms with Crippen LogP contribution < -0.4 is 0 Å². The second-order valence-electron chi connectivity index (χ2n) is 6.31. The quantitative estimate of drug-likeness (QED) is 0.795. The van der Waals surface area contributed by atoms with Gasteiger partial charge in [0.15, 0.2) is 0 Å². The molecule has 5 heteroatoms. The molecule has 0 aliphatic heterocycles. The molecule has 0 unspecified atom stereocenters. The lowest BCUT2D eigenvalue weighted by atomic mass is 9.90. The number of aromatic nitrogens is 1. The molecule has 21 heavy (non-hydrogen) atoms. The van der Waals surface area contributed by atoms with Crippen LogP contribution in [0, 0.1) is 11.3 Å². The average Bonchev–Trinajstić information content (AvgIpc) is 2.36. The first-order chi connectivity index (χ1) is 9.66. The van der Waals surface area contributed by atoms with Gasteiger partial charge in [0.1, 0.15) is 5.15 Å². The SMILES string of the molecule is CC(C)N(CCC#N)C(=O)c1cc(Cl)nc(C(C)(C)C)c1. The lowest BCUT2D eigenvalue weighted by molar-refractivity contribution is 0.0710. The highest BCUT2D eigenvalue weighted by Crippen LogP contribution is 2.24. The van der Waals surface area contributed by atoms with Crippen LogP contribution in [0.2, 0.25) is 5.15 Å². The molecular formula is C16H22ClN3O. The Morgan fingerprint density at radius 1 is 1.43 bits per heavy atom. The zero-order chi connectivity index (χ0) is 16.2. The maximum absolute atomic E-state index is 12.7. The van der Waals surface area contributed by atoms with Crippen LogP contribution in [0.15, 0.2) is 12.1 Å². The Labute approximate surface area is 131 Å². The molecule has 0 atom stereocenters. The highest BCUT2D eigenvalue weighted by atomic mass is 35.5. The summed E-state index contributed by atoms with van der Waals surface area (Å²) in [5.74, 6) is -0.116. The van der Waals surface area contributed by atoms with Crippen molar-refractivity contribution in [2.75, 3.05) is 6.54 Å². The fourth-order valence-corrected chi connectivity index (χ4v) is 2.14. The Morgan fingerprint density at radius 2 is 2.05 bits per heavy atom. The Hall–Kier alpha value is -1.60. The Bertz CT molecular complexity index is 556. The fourth-order valence-electron chi connectivity index (χ4n) is 1.94. The first kappa shape index (κ1) is 17.5. The first-order valence-electron chi connectivity index (χ1n) is 7.02. The van der Waals surface area contributed by atoms with Crippen molar-refractivity contribution in [1.82, 2.24) is 9.88 Å². The van der Waals surface area contributed by atoms with Crippen LogP contribution in [0.4, 0.5) is 0 Å². The molecule has 0 N–H and O–H groups in total. The molecule has 1 rings (SSSR count). The van der Waals surface area contributed by atoms with Crippen molar-refractivity contribution in [3.8, 4) is 6.07 Å². The molecule has 1 aromatic rings. The molecule has 0 saturated heterocycles. The topological polar surface area (TPSA) is 57.0 Å². The minimum absolute atomic E-state index is 0.0240. The summed E-state index contributed by atoms with van der Waals surface area (Å²) >= 11 is 6.05. The van der Waals surface area contributed by atoms with E-state index in [4.69, 9.17) is 16.9 Å². The molecule has 1 aromatic heterocycles. The van der Waals surface area contributed by atoms with Gasteiger partial charge in [0.05, 0.1) is 12.5 Å². The van der Waals surface area contributed by atoms with E-state index < -0.39 is 0 Å². The Balaban J connectivity index is 3.16. The molecule has 1 heterocycles. The molecule has 0 bridgehead atoms. The van der Waals surface area contributed by atoms with Gasteiger partial charge in [0.25, 0.3) is 5.91 Å². The summed E-state index contributed by atoms with van der Waals surface area (Å²) in [6, 6.07) is 5.47.